The van der Waals surface area contributed by atoms with Crippen LogP contribution in [0.3, 0.4) is 0 Å². The largest absolute Gasteiger partial charge is 0.457 e. The molecule has 1 aromatic heterocycles. The number of hydrogen-bond donors (Lipinski definition) is 2. The van der Waals surface area contributed by atoms with Crippen molar-refractivity contribution in [1.29, 1.82) is 0 Å². The Labute approximate surface area is 165 Å². The number of nitrogens with one attached hydrogen (secondary N) is 1. The Hall–Kier alpha value is -3.20. The van der Waals surface area contributed by atoms with Crippen molar-refractivity contribution in [3.8, 4) is 0 Å². The number of anilines is 3. The molecule has 0 amide bonds. The normalized spacial score (nSPS) is 10.5. The second kappa shape index (κ2) is 9.65. The first-order chi connectivity index (χ1) is 13.6. The molecule has 144 valence electrons. The van der Waals surface area contributed by atoms with Crippen LogP contribution < -0.4 is 11.1 Å². The van der Waals surface area contributed by atoms with E-state index >= 15 is 0 Å². The van der Waals surface area contributed by atoms with Gasteiger partial charge in [0.05, 0.1) is 6.42 Å². The van der Waals surface area contributed by atoms with Gasteiger partial charge >= 0.3 is 5.97 Å². The summed E-state index contributed by atoms with van der Waals surface area (Å²) in [5, 5.41) is 3.02. The Morgan fingerprint density at radius 1 is 1.07 bits per heavy atom. The Morgan fingerprint density at radius 3 is 2.57 bits per heavy atom. The Kier molecular flexibility index (Phi) is 6.74. The summed E-state index contributed by atoms with van der Waals surface area (Å²) in [6, 6.07) is 15.5. The summed E-state index contributed by atoms with van der Waals surface area (Å²) < 4.78 is 18.1. The molecular formula is C19H18FN5O2S. The van der Waals surface area contributed by atoms with E-state index in [4.69, 9.17) is 10.5 Å². The van der Waals surface area contributed by atoms with Crippen molar-refractivity contribution in [2.45, 2.75) is 17.9 Å². The average molecular weight is 399 g/mol. The lowest BCUT2D eigenvalue weighted by atomic mass is 10.3. The van der Waals surface area contributed by atoms with Crippen LogP contribution in [0.5, 0.6) is 0 Å². The van der Waals surface area contributed by atoms with E-state index < -0.39 is 0 Å². The molecule has 0 unspecified atom stereocenters. The van der Waals surface area contributed by atoms with Gasteiger partial charge in [0, 0.05) is 16.3 Å². The second-order valence-corrected chi connectivity index (χ2v) is 6.81. The van der Waals surface area contributed by atoms with Crippen LogP contribution in [0.25, 0.3) is 0 Å². The van der Waals surface area contributed by atoms with E-state index in [0.717, 1.165) is 10.6 Å². The number of benzene rings is 2. The van der Waals surface area contributed by atoms with Crippen molar-refractivity contribution < 1.29 is 13.9 Å². The van der Waals surface area contributed by atoms with E-state index in [1.54, 1.807) is 12.1 Å². The maximum atomic E-state index is 12.9. The quantitative estimate of drug-likeness (QED) is 0.438. The van der Waals surface area contributed by atoms with Gasteiger partial charge in [-0.15, -0.1) is 11.8 Å². The van der Waals surface area contributed by atoms with Gasteiger partial charge in [-0.3, -0.25) is 4.79 Å². The molecule has 0 saturated heterocycles. The summed E-state index contributed by atoms with van der Waals surface area (Å²) in [6.45, 7) is -0.101. The first-order valence-electron chi connectivity index (χ1n) is 8.45. The molecule has 0 saturated carbocycles. The van der Waals surface area contributed by atoms with E-state index in [1.807, 2.05) is 30.3 Å². The number of nitrogen functional groups attached to an aromatic ring is 1. The number of nitrogens with zero attached hydrogens (tertiary/aromatic N) is 3. The fourth-order valence-electron chi connectivity index (χ4n) is 2.21. The van der Waals surface area contributed by atoms with E-state index in [9.17, 15) is 9.18 Å². The minimum Gasteiger partial charge on any atom is -0.457 e. The molecule has 3 rings (SSSR count). The monoisotopic (exact) mass is 399 g/mol. The minimum absolute atomic E-state index is 0.0337. The van der Waals surface area contributed by atoms with Gasteiger partial charge in [-0.25, -0.2) is 4.39 Å². The van der Waals surface area contributed by atoms with E-state index in [-0.39, 0.29) is 42.5 Å². The van der Waals surface area contributed by atoms with Gasteiger partial charge in [0.2, 0.25) is 11.9 Å². The van der Waals surface area contributed by atoms with E-state index in [1.165, 1.54) is 23.9 Å². The topological polar surface area (TPSA) is 103 Å². The van der Waals surface area contributed by atoms with Crippen LogP contribution in [0.15, 0.2) is 59.5 Å². The fourth-order valence-corrected chi connectivity index (χ4v) is 3.04. The molecule has 2 aromatic carbocycles. The fraction of sp³-hybridized carbons (Fsp3) is 0.158. The van der Waals surface area contributed by atoms with Gasteiger partial charge in [-0.05, 0) is 36.4 Å². The third-order valence-electron chi connectivity index (χ3n) is 3.48. The number of nitrogens with two attached hydrogens (primary N) is 1. The summed E-state index contributed by atoms with van der Waals surface area (Å²) in [5.74, 6) is 0.408. The average Bonchev–Trinajstić information content (AvgIpc) is 2.68. The number of hydrogen-bond acceptors (Lipinski definition) is 8. The van der Waals surface area contributed by atoms with Crippen molar-refractivity contribution in [3.63, 3.8) is 0 Å². The number of esters is 1. The molecule has 3 aromatic rings. The van der Waals surface area contributed by atoms with Gasteiger partial charge in [0.1, 0.15) is 5.82 Å². The van der Waals surface area contributed by atoms with Gasteiger partial charge < -0.3 is 15.8 Å². The molecule has 0 aliphatic carbocycles. The molecule has 9 heteroatoms. The standard InChI is InChI=1S/C19H18FN5O2S/c20-13-6-8-15(9-7-13)28-11-10-17(26)27-12-16-23-18(21)25-19(24-16)22-14-4-2-1-3-5-14/h1-9H,10-12H2,(H3,21,22,23,24,25). The van der Waals surface area contributed by atoms with Gasteiger partial charge in [-0.1, -0.05) is 18.2 Å². The highest BCUT2D eigenvalue weighted by atomic mass is 32.2. The number of rotatable bonds is 8. The Balaban J connectivity index is 1.48. The first-order valence-corrected chi connectivity index (χ1v) is 9.43. The molecule has 0 fully saturated rings. The molecule has 0 aliphatic heterocycles. The number of carbonyl (C=O) groups is 1. The molecule has 0 atom stereocenters. The Bertz CT molecular complexity index is 925. The number of halogens is 1. The number of ether oxygens (including phenoxy) is 1. The number of para-hydroxylation sites is 1. The molecule has 1 heterocycles. The van der Waals surface area contributed by atoms with Crippen molar-refractivity contribution in [3.05, 3.63) is 66.2 Å². The molecule has 7 nitrogen and oxygen atoms in total. The minimum atomic E-state index is -0.383. The van der Waals surface area contributed by atoms with Crippen molar-refractivity contribution in [2.75, 3.05) is 16.8 Å². The zero-order chi connectivity index (χ0) is 19.8. The van der Waals surface area contributed by atoms with Crippen LogP contribution in [-0.2, 0) is 16.1 Å². The lowest BCUT2D eigenvalue weighted by Crippen LogP contribution is -2.11. The maximum absolute atomic E-state index is 12.9. The molecule has 0 aliphatic rings. The van der Waals surface area contributed by atoms with E-state index in [2.05, 4.69) is 20.3 Å². The van der Waals surface area contributed by atoms with Crippen LogP contribution >= 0.6 is 11.8 Å². The lowest BCUT2D eigenvalue weighted by molar-refractivity contribution is -0.144. The second-order valence-electron chi connectivity index (χ2n) is 5.64. The molecule has 3 N–H and O–H groups in total. The van der Waals surface area contributed by atoms with Crippen LogP contribution in [0.1, 0.15) is 12.2 Å². The van der Waals surface area contributed by atoms with Gasteiger partial charge in [-0.2, -0.15) is 15.0 Å². The summed E-state index contributed by atoms with van der Waals surface area (Å²) in [5.41, 5.74) is 6.50. The third-order valence-corrected chi connectivity index (χ3v) is 4.49. The van der Waals surface area contributed by atoms with Crippen molar-refractivity contribution in [1.82, 2.24) is 15.0 Å². The number of aromatic nitrogens is 3. The molecule has 28 heavy (non-hydrogen) atoms. The predicted octanol–water partition coefficient (Wildman–Crippen LogP) is 3.56. The highest BCUT2D eigenvalue weighted by Crippen LogP contribution is 2.19. The molecule has 0 spiro atoms. The lowest BCUT2D eigenvalue weighted by Gasteiger charge is -2.08. The van der Waals surface area contributed by atoms with Crippen molar-refractivity contribution in [2.24, 2.45) is 0 Å². The molecular weight excluding hydrogens is 381 g/mol. The summed E-state index contributed by atoms with van der Waals surface area (Å²) in [7, 11) is 0. The van der Waals surface area contributed by atoms with E-state index in [0.29, 0.717) is 5.75 Å². The molecule has 0 bridgehead atoms. The number of carbonyl (C=O) groups excluding carboxylic acids is 1. The van der Waals surface area contributed by atoms with Crippen LogP contribution in [0, 0.1) is 5.82 Å². The number of thioether (sulfide) groups is 1. The van der Waals surface area contributed by atoms with Crippen LogP contribution in [0.4, 0.5) is 22.0 Å². The molecule has 0 radical (unpaired) electrons. The summed E-state index contributed by atoms with van der Waals surface area (Å²) >= 11 is 1.45. The SMILES string of the molecule is Nc1nc(COC(=O)CCSc2ccc(F)cc2)nc(Nc2ccccc2)n1. The van der Waals surface area contributed by atoms with Gasteiger partial charge in [0.15, 0.2) is 12.4 Å². The summed E-state index contributed by atoms with van der Waals surface area (Å²) in [6.07, 6.45) is 0.206. The Morgan fingerprint density at radius 2 is 1.82 bits per heavy atom. The highest BCUT2D eigenvalue weighted by molar-refractivity contribution is 7.99. The van der Waals surface area contributed by atoms with Crippen LogP contribution in [-0.4, -0.2) is 26.7 Å². The highest BCUT2D eigenvalue weighted by Gasteiger charge is 2.09. The van der Waals surface area contributed by atoms with Gasteiger partial charge in [0.25, 0.3) is 0 Å². The predicted molar refractivity (Wildman–Crippen MR) is 106 cm³/mol. The maximum Gasteiger partial charge on any atom is 0.307 e. The first kappa shape index (κ1) is 19.6. The van der Waals surface area contributed by atoms with Crippen LogP contribution in [0.2, 0.25) is 0 Å². The smallest absolute Gasteiger partial charge is 0.307 e. The van der Waals surface area contributed by atoms with Crippen molar-refractivity contribution >= 4 is 35.3 Å². The third kappa shape index (κ3) is 6.20. The summed E-state index contributed by atoms with van der Waals surface area (Å²) in [4.78, 5) is 25.0. The zero-order valence-electron chi connectivity index (χ0n) is 14.8. The zero-order valence-corrected chi connectivity index (χ0v) is 15.7.